The van der Waals surface area contributed by atoms with Crippen molar-refractivity contribution in [3.63, 3.8) is 0 Å². The van der Waals surface area contributed by atoms with Crippen molar-refractivity contribution in [3.05, 3.63) is 27.7 Å². The van der Waals surface area contributed by atoms with E-state index in [2.05, 4.69) is 20.8 Å². The lowest BCUT2D eigenvalue weighted by atomic mass is 9.86. The maximum absolute atomic E-state index is 6.17. The van der Waals surface area contributed by atoms with Crippen LogP contribution in [0.25, 0.3) is 0 Å². The van der Waals surface area contributed by atoms with E-state index in [0.29, 0.717) is 11.1 Å². The lowest BCUT2D eigenvalue weighted by molar-refractivity contribution is 0.00896. The zero-order valence-electron chi connectivity index (χ0n) is 10.9. The normalized spacial score (nSPS) is 27.9. The van der Waals surface area contributed by atoms with Gasteiger partial charge in [-0.2, -0.15) is 0 Å². The van der Waals surface area contributed by atoms with Crippen LogP contribution in [0.1, 0.15) is 32.1 Å². The lowest BCUT2D eigenvalue weighted by Crippen LogP contribution is -2.50. The molecule has 1 saturated carbocycles. The molecule has 2 aliphatic rings. The van der Waals surface area contributed by atoms with Crippen molar-refractivity contribution in [3.8, 4) is 5.75 Å². The summed E-state index contributed by atoms with van der Waals surface area (Å²) in [6, 6.07) is 6.54. The number of hydrogen-bond donors (Lipinski definition) is 0. The molecule has 1 aliphatic carbocycles. The van der Waals surface area contributed by atoms with Crippen molar-refractivity contribution >= 4 is 27.5 Å². The highest BCUT2D eigenvalue weighted by molar-refractivity contribution is 9.10. The van der Waals surface area contributed by atoms with E-state index in [-0.39, 0.29) is 0 Å². The van der Waals surface area contributed by atoms with Crippen molar-refractivity contribution < 1.29 is 4.74 Å². The minimum absolute atomic E-state index is 0.339. The average Bonchev–Trinajstić information content (AvgIpc) is 2.36. The molecule has 2 nitrogen and oxygen atoms in total. The molecule has 0 unspecified atom stereocenters. The second-order valence-corrected chi connectivity index (χ2v) is 6.86. The zero-order chi connectivity index (χ0) is 13.2. The summed E-state index contributed by atoms with van der Waals surface area (Å²) in [6.07, 6.45) is 6.75. The number of hydrogen-bond acceptors (Lipinski definition) is 2. The third kappa shape index (κ3) is 3.26. The summed E-state index contributed by atoms with van der Waals surface area (Å²) in [6.45, 7) is 2.55. The Morgan fingerprint density at radius 2 is 1.89 bits per heavy atom. The number of halogens is 2. The molecule has 0 radical (unpaired) electrons. The summed E-state index contributed by atoms with van der Waals surface area (Å²) in [5.74, 6) is 0.812. The number of piperidine rings is 1. The standard InChI is InChI=1S/C15H19BrClNO/c16-11-4-5-15(14(17)8-11)19-13-9-12(10-13)18-6-2-1-3-7-18/h4-5,8,12-13H,1-3,6-7,9-10H2/t12-,13-. The molecule has 4 heteroatoms. The Kier molecular flexibility index (Phi) is 4.35. The van der Waals surface area contributed by atoms with Crippen LogP contribution in [0.2, 0.25) is 5.02 Å². The third-order valence-corrected chi connectivity index (χ3v) is 4.95. The highest BCUT2D eigenvalue weighted by Crippen LogP contribution is 2.35. The van der Waals surface area contributed by atoms with Gasteiger partial charge in [-0.3, -0.25) is 0 Å². The predicted molar refractivity (Wildman–Crippen MR) is 82.0 cm³/mol. The van der Waals surface area contributed by atoms with Gasteiger partial charge in [-0.05, 0) is 44.1 Å². The molecule has 0 N–H and O–H groups in total. The van der Waals surface area contributed by atoms with Crippen LogP contribution in [-0.4, -0.2) is 30.1 Å². The van der Waals surface area contributed by atoms with Crippen LogP contribution in [-0.2, 0) is 0 Å². The molecule has 0 amide bonds. The van der Waals surface area contributed by atoms with E-state index in [4.69, 9.17) is 16.3 Å². The fraction of sp³-hybridized carbons (Fsp3) is 0.600. The molecule has 3 rings (SSSR count). The SMILES string of the molecule is Clc1cc(Br)ccc1O[C@H]1C[C@H](N2CCCCC2)C1. The first-order valence-corrected chi connectivity index (χ1v) is 8.25. The van der Waals surface area contributed by atoms with E-state index in [9.17, 15) is 0 Å². The smallest absolute Gasteiger partial charge is 0.138 e. The number of benzene rings is 1. The Morgan fingerprint density at radius 1 is 1.16 bits per heavy atom. The molecule has 0 bridgehead atoms. The summed E-state index contributed by atoms with van der Waals surface area (Å²) in [5.41, 5.74) is 0. The zero-order valence-corrected chi connectivity index (χ0v) is 13.3. The van der Waals surface area contributed by atoms with Gasteiger partial charge >= 0.3 is 0 Å². The lowest BCUT2D eigenvalue weighted by Gasteiger charge is -2.44. The molecule has 1 aromatic carbocycles. The van der Waals surface area contributed by atoms with Gasteiger partial charge in [0.15, 0.2) is 0 Å². The Labute approximate surface area is 128 Å². The monoisotopic (exact) mass is 343 g/mol. The number of likely N-dealkylation sites (tertiary alicyclic amines) is 1. The minimum atomic E-state index is 0.339. The first-order chi connectivity index (χ1) is 9.22. The van der Waals surface area contributed by atoms with Gasteiger partial charge in [0.2, 0.25) is 0 Å². The van der Waals surface area contributed by atoms with Crippen LogP contribution in [0, 0.1) is 0 Å². The maximum atomic E-state index is 6.17. The molecule has 0 atom stereocenters. The third-order valence-electron chi connectivity index (χ3n) is 4.16. The van der Waals surface area contributed by atoms with Gasteiger partial charge in [-0.1, -0.05) is 34.0 Å². The van der Waals surface area contributed by atoms with Crippen LogP contribution < -0.4 is 4.74 Å². The van der Waals surface area contributed by atoms with Crippen LogP contribution in [0.4, 0.5) is 0 Å². The number of ether oxygens (including phenoxy) is 1. The van der Waals surface area contributed by atoms with Gasteiger partial charge in [0.1, 0.15) is 11.9 Å². The molecular formula is C15H19BrClNO. The van der Waals surface area contributed by atoms with E-state index in [1.165, 1.54) is 32.4 Å². The fourth-order valence-electron chi connectivity index (χ4n) is 2.97. The summed E-state index contributed by atoms with van der Waals surface area (Å²) < 4.78 is 6.97. The van der Waals surface area contributed by atoms with Gasteiger partial charge in [-0.25, -0.2) is 0 Å². The minimum Gasteiger partial charge on any atom is -0.489 e. The van der Waals surface area contributed by atoms with E-state index in [1.807, 2.05) is 18.2 Å². The summed E-state index contributed by atoms with van der Waals surface area (Å²) in [5, 5.41) is 0.691. The molecule has 1 saturated heterocycles. The average molecular weight is 345 g/mol. The highest BCUT2D eigenvalue weighted by Gasteiger charge is 2.35. The van der Waals surface area contributed by atoms with Crippen molar-refractivity contribution in [2.75, 3.05) is 13.1 Å². The summed E-state index contributed by atoms with van der Waals surface area (Å²) >= 11 is 9.58. The van der Waals surface area contributed by atoms with Crippen molar-refractivity contribution in [2.24, 2.45) is 0 Å². The molecule has 104 valence electrons. The fourth-order valence-corrected chi connectivity index (χ4v) is 3.68. The van der Waals surface area contributed by atoms with E-state index in [1.54, 1.807) is 0 Å². The number of nitrogens with zero attached hydrogens (tertiary/aromatic N) is 1. The quantitative estimate of drug-likeness (QED) is 0.800. The van der Waals surface area contributed by atoms with Crippen LogP contribution in [0.15, 0.2) is 22.7 Å². The molecule has 0 aromatic heterocycles. The first-order valence-electron chi connectivity index (χ1n) is 7.08. The Hall–Kier alpha value is -0.250. The largest absolute Gasteiger partial charge is 0.489 e. The highest BCUT2D eigenvalue weighted by atomic mass is 79.9. The molecule has 1 aliphatic heterocycles. The number of rotatable bonds is 3. The maximum Gasteiger partial charge on any atom is 0.138 e. The predicted octanol–water partition coefficient (Wildman–Crippen LogP) is 4.50. The molecular weight excluding hydrogens is 326 g/mol. The summed E-state index contributed by atoms with van der Waals surface area (Å²) in [4.78, 5) is 2.63. The molecule has 1 heterocycles. The van der Waals surface area contributed by atoms with E-state index >= 15 is 0 Å². The van der Waals surface area contributed by atoms with Crippen molar-refractivity contribution in [1.82, 2.24) is 4.90 Å². The summed E-state index contributed by atoms with van der Waals surface area (Å²) in [7, 11) is 0. The van der Waals surface area contributed by atoms with Gasteiger partial charge < -0.3 is 9.64 Å². The van der Waals surface area contributed by atoms with Gasteiger partial charge in [0, 0.05) is 23.4 Å². The van der Waals surface area contributed by atoms with Crippen molar-refractivity contribution in [1.29, 1.82) is 0 Å². The second-order valence-electron chi connectivity index (χ2n) is 5.54. The van der Waals surface area contributed by atoms with Gasteiger partial charge in [0.05, 0.1) is 5.02 Å². The van der Waals surface area contributed by atoms with E-state index in [0.717, 1.165) is 29.1 Å². The van der Waals surface area contributed by atoms with Crippen LogP contribution in [0.5, 0.6) is 5.75 Å². The topological polar surface area (TPSA) is 12.5 Å². The first kappa shape index (κ1) is 13.7. The van der Waals surface area contributed by atoms with E-state index < -0.39 is 0 Å². The Bertz CT molecular complexity index is 442. The molecule has 2 fully saturated rings. The van der Waals surface area contributed by atoms with Gasteiger partial charge in [0.25, 0.3) is 0 Å². The Balaban J connectivity index is 1.50. The van der Waals surface area contributed by atoms with Gasteiger partial charge in [-0.15, -0.1) is 0 Å². The Morgan fingerprint density at radius 3 is 2.58 bits per heavy atom. The van der Waals surface area contributed by atoms with Crippen LogP contribution >= 0.6 is 27.5 Å². The molecule has 19 heavy (non-hydrogen) atoms. The van der Waals surface area contributed by atoms with Crippen LogP contribution in [0.3, 0.4) is 0 Å². The van der Waals surface area contributed by atoms with Crippen molar-refractivity contribution in [2.45, 2.75) is 44.2 Å². The second kappa shape index (κ2) is 6.02. The molecule has 1 aromatic rings. The molecule has 0 spiro atoms.